The van der Waals surface area contributed by atoms with Crippen molar-refractivity contribution in [3.8, 4) is 0 Å². The maximum atomic E-state index is 12.5. The van der Waals surface area contributed by atoms with Crippen LogP contribution in [0.4, 0.5) is 0 Å². The van der Waals surface area contributed by atoms with Crippen molar-refractivity contribution in [2.45, 2.75) is 38.6 Å². The molecule has 1 aromatic heterocycles. The van der Waals surface area contributed by atoms with Crippen molar-refractivity contribution in [1.29, 1.82) is 0 Å². The number of hydrogen-bond acceptors (Lipinski definition) is 3. The van der Waals surface area contributed by atoms with E-state index in [1.165, 1.54) is 0 Å². The first kappa shape index (κ1) is 17.2. The molecule has 0 unspecified atom stereocenters. The first-order chi connectivity index (χ1) is 12.0. The van der Waals surface area contributed by atoms with Gasteiger partial charge in [0.15, 0.2) is 0 Å². The Morgan fingerprint density at radius 3 is 2.64 bits per heavy atom. The standard InChI is InChI=1S/C19H23N3O3/c1-14-8-11-22(20-14)12-9-18(23)21-10-2-3-17(13-21)15-4-6-16(7-5-15)19(24)25/h4-8,11,17H,2-3,9-10,12-13H2,1H3,(H,24,25)/t17-/m1/s1. The van der Waals surface area contributed by atoms with Gasteiger partial charge in [0.05, 0.1) is 11.3 Å². The first-order valence-corrected chi connectivity index (χ1v) is 8.64. The number of aryl methyl sites for hydroxylation is 2. The Bertz CT molecular complexity index is 752. The van der Waals surface area contributed by atoms with E-state index in [9.17, 15) is 9.59 Å². The van der Waals surface area contributed by atoms with Gasteiger partial charge in [-0.1, -0.05) is 12.1 Å². The summed E-state index contributed by atoms with van der Waals surface area (Å²) < 4.78 is 1.80. The van der Waals surface area contributed by atoms with Crippen molar-refractivity contribution in [3.63, 3.8) is 0 Å². The van der Waals surface area contributed by atoms with Crippen molar-refractivity contribution in [2.24, 2.45) is 0 Å². The Hall–Kier alpha value is -2.63. The number of carboxylic acid groups (broad SMARTS) is 1. The Morgan fingerprint density at radius 1 is 1.24 bits per heavy atom. The summed E-state index contributed by atoms with van der Waals surface area (Å²) in [6, 6.07) is 8.95. The molecular weight excluding hydrogens is 318 g/mol. The van der Waals surface area contributed by atoms with Crippen LogP contribution in [0, 0.1) is 6.92 Å². The average Bonchev–Trinajstić information content (AvgIpc) is 3.05. The van der Waals surface area contributed by atoms with Crippen molar-refractivity contribution < 1.29 is 14.7 Å². The number of hydrogen-bond donors (Lipinski definition) is 1. The van der Waals surface area contributed by atoms with Crippen LogP contribution in [0.5, 0.6) is 0 Å². The molecule has 1 aliphatic heterocycles. The highest BCUT2D eigenvalue weighted by atomic mass is 16.4. The van der Waals surface area contributed by atoms with Gasteiger partial charge in [0.2, 0.25) is 5.91 Å². The van der Waals surface area contributed by atoms with E-state index in [1.807, 2.05) is 36.2 Å². The predicted molar refractivity (Wildman–Crippen MR) is 93.5 cm³/mol. The molecule has 1 N–H and O–H groups in total. The highest BCUT2D eigenvalue weighted by molar-refractivity contribution is 5.87. The summed E-state index contributed by atoms with van der Waals surface area (Å²) in [6.07, 6.45) is 4.34. The van der Waals surface area contributed by atoms with Gasteiger partial charge in [-0.05, 0) is 43.5 Å². The Morgan fingerprint density at radius 2 is 2.00 bits per heavy atom. The number of piperidine rings is 1. The van der Waals surface area contributed by atoms with Crippen LogP contribution in [0.25, 0.3) is 0 Å². The van der Waals surface area contributed by atoms with Gasteiger partial charge in [0.1, 0.15) is 0 Å². The molecular formula is C19H23N3O3. The van der Waals surface area contributed by atoms with Crippen LogP contribution in [0.3, 0.4) is 0 Å². The lowest BCUT2D eigenvalue weighted by Crippen LogP contribution is -2.39. The third-order valence-corrected chi connectivity index (χ3v) is 4.73. The van der Waals surface area contributed by atoms with Gasteiger partial charge in [-0.25, -0.2) is 4.79 Å². The van der Waals surface area contributed by atoms with E-state index in [1.54, 1.807) is 16.8 Å². The smallest absolute Gasteiger partial charge is 0.335 e. The molecule has 0 spiro atoms. The number of nitrogens with zero attached hydrogens (tertiary/aromatic N) is 3. The van der Waals surface area contributed by atoms with E-state index in [4.69, 9.17) is 5.11 Å². The van der Waals surface area contributed by atoms with E-state index in [0.29, 0.717) is 25.1 Å². The zero-order chi connectivity index (χ0) is 17.8. The molecule has 1 atom stereocenters. The lowest BCUT2D eigenvalue weighted by molar-refractivity contribution is -0.132. The molecule has 0 aliphatic carbocycles. The van der Waals surface area contributed by atoms with E-state index in [-0.39, 0.29) is 11.8 Å². The van der Waals surface area contributed by atoms with E-state index >= 15 is 0 Å². The van der Waals surface area contributed by atoms with Crippen molar-refractivity contribution in [3.05, 3.63) is 53.3 Å². The number of aromatic carboxylic acids is 1. The molecule has 3 rings (SSSR count). The summed E-state index contributed by atoms with van der Waals surface area (Å²) in [5.74, 6) is -0.492. The molecule has 2 heterocycles. The van der Waals surface area contributed by atoms with Crippen LogP contribution < -0.4 is 0 Å². The highest BCUT2D eigenvalue weighted by Gasteiger charge is 2.24. The van der Waals surface area contributed by atoms with E-state index in [0.717, 1.165) is 30.6 Å². The van der Waals surface area contributed by atoms with Gasteiger partial charge in [-0.3, -0.25) is 9.48 Å². The number of benzene rings is 1. The molecule has 6 heteroatoms. The normalized spacial score (nSPS) is 17.5. The molecule has 0 radical (unpaired) electrons. The predicted octanol–water partition coefficient (Wildman–Crippen LogP) is 2.69. The molecule has 1 amide bonds. The molecule has 1 saturated heterocycles. The number of aromatic nitrogens is 2. The van der Waals surface area contributed by atoms with Crippen LogP contribution in [-0.4, -0.2) is 44.8 Å². The largest absolute Gasteiger partial charge is 0.478 e. The summed E-state index contributed by atoms with van der Waals surface area (Å²) in [7, 11) is 0. The van der Waals surface area contributed by atoms with Crippen molar-refractivity contribution in [1.82, 2.24) is 14.7 Å². The van der Waals surface area contributed by atoms with Crippen LogP contribution >= 0.6 is 0 Å². The quantitative estimate of drug-likeness (QED) is 0.907. The summed E-state index contributed by atoms with van der Waals surface area (Å²) in [5, 5.41) is 13.3. The lowest BCUT2D eigenvalue weighted by Gasteiger charge is -2.33. The van der Waals surface area contributed by atoms with Gasteiger partial charge >= 0.3 is 5.97 Å². The number of amides is 1. The summed E-state index contributed by atoms with van der Waals surface area (Å²) in [5.41, 5.74) is 2.35. The van der Waals surface area contributed by atoms with Crippen LogP contribution in [-0.2, 0) is 11.3 Å². The molecule has 0 bridgehead atoms. The van der Waals surface area contributed by atoms with E-state index in [2.05, 4.69) is 5.10 Å². The van der Waals surface area contributed by atoms with Crippen LogP contribution in [0.2, 0.25) is 0 Å². The second-order valence-electron chi connectivity index (χ2n) is 6.58. The fraction of sp³-hybridized carbons (Fsp3) is 0.421. The molecule has 1 aromatic carbocycles. The Balaban J connectivity index is 1.58. The zero-order valence-electron chi connectivity index (χ0n) is 14.4. The summed E-state index contributed by atoms with van der Waals surface area (Å²) >= 11 is 0. The Kier molecular flexibility index (Phi) is 5.16. The summed E-state index contributed by atoms with van der Waals surface area (Å²) in [4.78, 5) is 25.4. The van der Waals surface area contributed by atoms with Crippen LogP contribution in [0.15, 0.2) is 36.5 Å². The molecule has 132 valence electrons. The van der Waals surface area contributed by atoms with Crippen LogP contribution in [0.1, 0.15) is 46.8 Å². The van der Waals surface area contributed by atoms with Gasteiger partial charge in [-0.2, -0.15) is 5.10 Å². The average molecular weight is 341 g/mol. The third kappa shape index (κ3) is 4.26. The maximum Gasteiger partial charge on any atom is 0.335 e. The lowest BCUT2D eigenvalue weighted by atomic mass is 9.90. The van der Waals surface area contributed by atoms with Gasteiger partial charge in [0.25, 0.3) is 0 Å². The van der Waals surface area contributed by atoms with Crippen molar-refractivity contribution in [2.75, 3.05) is 13.1 Å². The number of rotatable bonds is 5. The second-order valence-corrected chi connectivity index (χ2v) is 6.58. The number of carboxylic acids is 1. The van der Waals surface area contributed by atoms with Gasteiger partial charge < -0.3 is 10.0 Å². The first-order valence-electron chi connectivity index (χ1n) is 8.64. The molecule has 6 nitrogen and oxygen atoms in total. The topological polar surface area (TPSA) is 75.4 Å². The molecule has 1 aliphatic rings. The number of carbonyl (C=O) groups excluding carboxylic acids is 1. The number of carbonyl (C=O) groups is 2. The number of likely N-dealkylation sites (tertiary alicyclic amines) is 1. The zero-order valence-corrected chi connectivity index (χ0v) is 14.4. The molecule has 0 saturated carbocycles. The van der Waals surface area contributed by atoms with Crippen molar-refractivity contribution >= 4 is 11.9 Å². The fourth-order valence-corrected chi connectivity index (χ4v) is 3.33. The molecule has 1 fully saturated rings. The third-order valence-electron chi connectivity index (χ3n) is 4.73. The minimum absolute atomic E-state index is 0.153. The minimum atomic E-state index is -0.916. The van der Waals surface area contributed by atoms with Gasteiger partial charge in [-0.15, -0.1) is 0 Å². The Labute approximate surface area is 147 Å². The monoisotopic (exact) mass is 341 g/mol. The SMILES string of the molecule is Cc1ccn(CCC(=O)N2CCC[C@@H](c3ccc(C(=O)O)cc3)C2)n1. The minimum Gasteiger partial charge on any atom is -0.478 e. The highest BCUT2D eigenvalue weighted by Crippen LogP contribution is 2.27. The second kappa shape index (κ2) is 7.51. The molecule has 2 aromatic rings. The fourth-order valence-electron chi connectivity index (χ4n) is 3.33. The van der Waals surface area contributed by atoms with Gasteiger partial charge in [0, 0.05) is 38.2 Å². The summed E-state index contributed by atoms with van der Waals surface area (Å²) in [6.45, 7) is 4.02. The molecule has 25 heavy (non-hydrogen) atoms. The van der Waals surface area contributed by atoms with E-state index < -0.39 is 5.97 Å². The maximum absolute atomic E-state index is 12.5.